The fourth-order valence-electron chi connectivity index (χ4n) is 3.84. The Hall–Kier alpha value is -1.64. The van der Waals surface area contributed by atoms with Crippen LogP contribution in [0.2, 0.25) is 0 Å². The van der Waals surface area contributed by atoms with E-state index in [0.717, 1.165) is 13.1 Å². The molecule has 1 fully saturated rings. The van der Waals surface area contributed by atoms with E-state index in [9.17, 15) is 0 Å². The van der Waals surface area contributed by atoms with Gasteiger partial charge in [-0.3, -0.25) is 4.90 Å². The van der Waals surface area contributed by atoms with Crippen LogP contribution in [0.1, 0.15) is 35.6 Å². The lowest BCUT2D eigenvalue weighted by atomic mass is 9.95. The van der Waals surface area contributed by atoms with Crippen molar-refractivity contribution in [3.05, 3.63) is 71.3 Å². The molecule has 2 aliphatic rings. The zero-order valence-electron chi connectivity index (χ0n) is 12.3. The van der Waals surface area contributed by atoms with Crippen LogP contribution in [0, 0.1) is 0 Å². The van der Waals surface area contributed by atoms with Crippen LogP contribution in [-0.2, 0) is 12.0 Å². The summed E-state index contributed by atoms with van der Waals surface area (Å²) in [6, 6.07) is 20.2. The molecule has 21 heavy (non-hydrogen) atoms. The highest BCUT2D eigenvalue weighted by atomic mass is 15.2. The van der Waals surface area contributed by atoms with Crippen LogP contribution in [0.15, 0.2) is 54.6 Å². The van der Waals surface area contributed by atoms with E-state index in [1.807, 2.05) is 0 Å². The molecule has 0 radical (unpaired) electrons. The Kier molecular flexibility index (Phi) is 3.09. The molecule has 108 valence electrons. The van der Waals surface area contributed by atoms with E-state index in [2.05, 4.69) is 59.5 Å². The van der Waals surface area contributed by atoms with Crippen molar-refractivity contribution >= 4 is 0 Å². The Morgan fingerprint density at radius 1 is 1.00 bits per heavy atom. The second kappa shape index (κ2) is 4.97. The minimum Gasteiger partial charge on any atom is -0.329 e. The highest BCUT2D eigenvalue weighted by Crippen LogP contribution is 2.50. The molecule has 0 amide bonds. The van der Waals surface area contributed by atoms with Crippen LogP contribution >= 0.6 is 0 Å². The predicted molar refractivity (Wildman–Crippen MR) is 86.0 cm³/mol. The Balaban J connectivity index is 1.59. The van der Waals surface area contributed by atoms with Gasteiger partial charge in [-0.15, -0.1) is 0 Å². The SMILES string of the molecule is NCC1c2ccccc2CN1CC1(c2ccccc2)CC1. The average Bonchev–Trinajstić information content (AvgIpc) is 3.23. The van der Waals surface area contributed by atoms with Gasteiger partial charge >= 0.3 is 0 Å². The second-order valence-corrected chi connectivity index (χ2v) is 6.50. The molecule has 0 aromatic heterocycles. The summed E-state index contributed by atoms with van der Waals surface area (Å²) in [5, 5.41) is 0. The summed E-state index contributed by atoms with van der Waals surface area (Å²) < 4.78 is 0. The fourth-order valence-corrected chi connectivity index (χ4v) is 3.84. The molecule has 2 heteroatoms. The second-order valence-electron chi connectivity index (χ2n) is 6.50. The predicted octanol–water partition coefficient (Wildman–Crippen LogP) is 3.23. The molecule has 0 bridgehead atoms. The number of nitrogens with two attached hydrogens (primary N) is 1. The zero-order chi connectivity index (χ0) is 14.3. The first-order valence-electron chi connectivity index (χ1n) is 7.90. The maximum absolute atomic E-state index is 6.08. The first kappa shape index (κ1) is 13.1. The third kappa shape index (κ3) is 2.19. The number of benzene rings is 2. The topological polar surface area (TPSA) is 29.3 Å². The molecule has 1 unspecified atom stereocenters. The lowest BCUT2D eigenvalue weighted by Crippen LogP contribution is -2.34. The Morgan fingerprint density at radius 3 is 2.43 bits per heavy atom. The minimum absolute atomic E-state index is 0.372. The Bertz CT molecular complexity index is 631. The number of rotatable bonds is 4. The molecule has 2 aromatic rings. The highest BCUT2D eigenvalue weighted by Gasteiger charge is 2.47. The maximum atomic E-state index is 6.08. The maximum Gasteiger partial charge on any atom is 0.0477 e. The Morgan fingerprint density at radius 2 is 1.71 bits per heavy atom. The monoisotopic (exact) mass is 278 g/mol. The summed E-state index contributed by atoms with van der Waals surface area (Å²) in [5.41, 5.74) is 10.8. The third-order valence-electron chi connectivity index (χ3n) is 5.20. The van der Waals surface area contributed by atoms with E-state index < -0.39 is 0 Å². The van der Waals surface area contributed by atoms with Crippen molar-refractivity contribution in [2.45, 2.75) is 30.8 Å². The zero-order valence-corrected chi connectivity index (χ0v) is 12.3. The van der Waals surface area contributed by atoms with Crippen molar-refractivity contribution in [2.24, 2.45) is 5.73 Å². The van der Waals surface area contributed by atoms with Gasteiger partial charge < -0.3 is 5.73 Å². The van der Waals surface area contributed by atoms with E-state index >= 15 is 0 Å². The van der Waals surface area contributed by atoms with Crippen molar-refractivity contribution in [3.8, 4) is 0 Å². The van der Waals surface area contributed by atoms with Gasteiger partial charge in [0.05, 0.1) is 0 Å². The normalized spacial score (nSPS) is 23.0. The van der Waals surface area contributed by atoms with E-state index in [4.69, 9.17) is 5.73 Å². The number of nitrogens with zero attached hydrogens (tertiary/aromatic N) is 1. The van der Waals surface area contributed by atoms with E-state index in [1.165, 1.54) is 29.5 Å². The summed E-state index contributed by atoms with van der Waals surface area (Å²) in [6.07, 6.45) is 2.61. The molecule has 1 atom stereocenters. The minimum atomic E-state index is 0.372. The van der Waals surface area contributed by atoms with Crippen molar-refractivity contribution < 1.29 is 0 Å². The molecular formula is C19H22N2. The highest BCUT2D eigenvalue weighted by molar-refractivity contribution is 5.36. The van der Waals surface area contributed by atoms with E-state index in [-0.39, 0.29) is 0 Å². The summed E-state index contributed by atoms with van der Waals surface area (Å²) in [5.74, 6) is 0. The molecular weight excluding hydrogens is 256 g/mol. The first-order valence-corrected chi connectivity index (χ1v) is 7.90. The van der Waals surface area contributed by atoms with Crippen LogP contribution in [0.25, 0.3) is 0 Å². The van der Waals surface area contributed by atoms with Crippen LogP contribution in [-0.4, -0.2) is 18.0 Å². The van der Waals surface area contributed by atoms with Crippen LogP contribution in [0.3, 0.4) is 0 Å². The van der Waals surface area contributed by atoms with Gasteiger partial charge in [-0.1, -0.05) is 54.6 Å². The van der Waals surface area contributed by atoms with Gasteiger partial charge in [0, 0.05) is 31.1 Å². The molecule has 4 rings (SSSR count). The fraction of sp³-hybridized carbons (Fsp3) is 0.368. The summed E-state index contributed by atoms with van der Waals surface area (Å²) in [6.45, 7) is 2.89. The van der Waals surface area contributed by atoms with E-state index in [1.54, 1.807) is 0 Å². The third-order valence-corrected chi connectivity index (χ3v) is 5.20. The molecule has 1 aliphatic heterocycles. The van der Waals surface area contributed by atoms with Crippen LogP contribution < -0.4 is 5.73 Å². The number of fused-ring (bicyclic) bond motifs is 1. The molecule has 2 N–H and O–H groups in total. The van der Waals surface area contributed by atoms with Gasteiger partial charge in [-0.2, -0.15) is 0 Å². The Labute approximate surface area is 126 Å². The first-order chi connectivity index (χ1) is 10.3. The largest absolute Gasteiger partial charge is 0.329 e. The molecule has 0 spiro atoms. The molecule has 0 saturated heterocycles. The lowest BCUT2D eigenvalue weighted by Gasteiger charge is -2.29. The summed E-state index contributed by atoms with van der Waals surface area (Å²) in [7, 11) is 0. The average molecular weight is 278 g/mol. The van der Waals surface area contributed by atoms with Gasteiger partial charge in [0.1, 0.15) is 0 Å². The van der Waals surface area contributed by atoms with Crippen molar-refractivity contribution in [3.63, 3.8) is 0 Å². The molecule has 1 heterocycles. The van der Waals surface area contributed by atoms with Crippen molar-refractivity contribution in [1.82, 2.24) is 4.90 Å². The molecule has 2 nitrogen and oxygen atoms in total. The molecule has 1 saturated carbocycles. The summed E-state index contributed by atoms with van der Waals surface area (Å²) in [4.78, 5) is 2.59. The quantitative estimate of drug-likeness (QED) is 0.930. The molecule has 2 aromatic carbocycles. The van der Waals surface area contributed by atoms with Crippen molar-refractivity contribution in [1.29, 1.82) is 0 Å². The van der Waals surface area contributed by atoms with Crippen molar-refractivity contribution in [2.75, 3.05) is 13.1 Å². The van der Waals surface area contributed by atoms with Gasteiger partial charge in [0.2, 0.25) is 0 Å². The number of hydrogen-bond donors (Lipinski definition) is 1. The van der Waals surface area contributed by atoms with Gasteiger partial charge in [0.25, 0.3) is 0 Å². The smallest absolute Gasteiger partial charge is 0.0477 e. The standard InChI is InChI=1S/C19H22N2/c20-12-18-17-9-5-4-6-15(17)13-21(18)14-19(10-11-19)16-7-2-1-3-8-16/h1-9,18H,10-14,20H2. The van der Waals surface area contributed by atoms with Gasteiger partial charge in [-0.05, 0) is 29.5 Å². The summed E-state index contributed by atoms with van der Waals surface area (Å²) >= 11 is 0. The van der Waals surface area contributed by atoms with E-state index in [0.29, 0.717) is 18.0 Å². The van der Waals surface area contributed by atoms with Gasteiger partial charge in [0.15, 0.2) is 0 Å². The van der Waals surface area contributed by atoms with Gasteiger partial charge in [-0.25, -0.2) is 0 Å². The van der Waals surface area contributed by atoms with Crippen LogP contribution in [0.5, 0.6) is 0 Å². The molecule has 1 aliphatic carbocycles. The number of hydrogen-bond acceptors (Lipinski definition) is 2. The van der Waals surface area contributed by atoms with Crippen LogP contribution in [0.4, 0.5) is 0 Å². The lowest BCUT2D eigenvalue weighted by molar-refractivity contribution is 0.199.